The van der Waals surface area contributed by atoms with Gasteiger partial charge in [0.05, 0.1) is 7.11 Å². The highest BCUT2D eigenvalue weighted by molar-refractivity contribution is 5.77. The minimum Gasteiger partial charge on any atom is -0.508 e. The molecule has 2 aromatic rings. The van der Waals surface area contributed by atoms with Crippen molar-refractivity contribution >= 4 is 5.91 Å². The molecule has 2 aromatic carbocycles. The summed E-state index contributed by atoms with van der Waals surface area (Å²) in [5.74, 6) is 0.926. The van der Waals surface area contributed by atoms with Crippen LogP contribution in [-0.4, -0.2) is 18.1 Å². The van der Waals surface area contributed by atoms with Gasteiger partial charge in [-0.15, -0.1) is 0 Å². The lowest BCUT2D eigenvalue weighted by Gasteiger charge is -2.13. The first-order valence-electron chi connectivity index (χ1n) is 7.27. The summed E-state index contributed by atoms with van der Waals surface area (Å²) < 4.78 is 5.16. The molecule has 0 spiro atoms. The predicted molar refractivity (Wildman–Crippen MR) is 86.0 cm³/mol. The first-order chi connectivity index (χ1) is 10.6. The fraction of sp³-hybridized carbons (Fsp3) is 0.278. The predicted octanol–water partition coefficient (Wildman–Crippen LogP) is 3.21. The van der Waals surface area contributed by atoms with Crippen LogP contribution in [0.15, 0.2) is 48.5 Å². The molecule has 0 aliphatic heterocycles. The number of hydrogen-bond donors (Lipinski definition) is 2. The molecule has 4 heteroatoms. The Morgan fingerprint density at radius 1 is 1.23 bits per heavy atom. The third-order valence-corrected chi connectivity index (χ3v) is 3.58. The Bertz CT molecular complexity index is 640. The van der Waals surface area contributed by atoms with Crippen molar-refractivity contribution < 1.29 is 14.6 Å². The van der Waals surface area contributed by atoms with Crippen molar-refractivity contribution in [2.24, 2.45) is 0 Å². The Morgan fingerprint density at radius 3 is 2.73 bits per heavy atom. The van der Waals surface area contributed by atoms with E-state index in [4.69, 9.17) is 4.74 Å². The van der Waals surface area contributed by atoms with Crippen LogP contribution >= 0.6 is 0 Å². The van der Waals surface area contributed by atoms with Gasteiger partial charge in [0.25, 0.3) is 0 Å². The number of para-hydroxylation sites is 1. The number of methoxy groups -OCH3 is 1. The van der Waals surface area contributed by atoms with E-state index in [1.54, 1.807) is 19.2 Å². The first-order valence-corrected chi connectivity index (χ1v) is 7.27. The lowest BCUT2D eigenvalue weighted by atomic mass is 9.96. The summed E-state index contributed by atoms with van der Waals surface area (Å²) in [6.07, 6.45) is 0.335. The quantitative estimate of drug-likeness (QED) is 0.861. The molecule has 22 heavy (non-hydrogen) atoms. The zero-order valence-corrected chi connectivity index (χ0v) is 12.9. The van der Waals surface area contributed by atoms with E-state index in [1.165, 1.54) is 0 Å². The molecule has 1 amide bonds. The molecule has 4 nitrogen and oxygen atoms in total. The number of phenols is 1. The standard InChI is InChI=1S/C18H21NO3/c1-13(16-8-3-4-9-17(16)20)10-18(21)19-12-14-6-5-7-15(11-14)22-2/h3-9,11,13,20H,10,12H2,1-2H3,(H,19,21). The lowest BCUT2D eigenvalue weighted by molar-refractivity contribution is -0.121. The maximum atomic E-state index is 12.0. The van der Waals surface area contributed by atoms with Crippen LogP contribution in [-0.2, 0) is 11.3 Å². The van der Waals surface area contributed by atoms with Crippen LogP contribution in [0.25, 0.3) is 0 Å². The van der Waals surface area contributed by atoms with Gasteiger partial charge >= 0.3 is 0 Å². The van der Waals surface area contributed by atoms with Gasteiger partial charge in [-0.2, -0.15) is 0 Å². The summed E-state index contributed by atoms with van der Waals surface area (Å²) in [5.41, 5.74) is 1.78. The topological polar surface area (TPSA) is 58.6 Å². The van der Waals surface area contributed by atoms with Crippen LogP contribution < -0.4 is 10.1 Å². The SMILES string of the molecule is COc1cccc(CNC(=O)CC(C)c2ccccc2O)c1. The average Bonchev–Trinajstić information content (AvgIpc) is 2.53. The van der Waals surface area contributed by atoms with Crippen LogP contribution in [0, 0.1) is 0 Å². The largest absolute Gasteiger partial charge is 0.508 e. The van der Waals surface area contributed by atoms with Gasteiger partial charge in [-0.25, -0.2) is 0 Å². The average molecular weight is 299 g/mol. The van der Waals surface area contributed by atoms with Crippen molar-refractivity contribution in [3.63, 3.8) is 0 Å². The van der Waals surface area contributed by atoms with Crippen LogP contribution in [0.3, 0.4) is 0 Å². The number of phenolic OH excluding ortho intramolecular Hbond substituents is 1. The highest BCUT2D eigenvalue weighted by atomic mass is 16.5. The number of carbonyl (C=O) groups is 1. The van der Waals surface area contributed by atoms with Crippen molar-refractivity contribution in [3.8, 4) is 11.5 Å². The van der Waals surface area contributed by atoms with Gasteiger partial charge in [-0.3, -0.25) is 4.79 Å². The van der Waals surface area contributed by atoms with Gasteiger partial charge in [-0.05, 0) is 35.2 Å². The number of aromatic hydroxyl groups is 1. The molecule has 1 unspecified atom stereocenters. The molecule has 1 atom stereocenters. The van der Waals surface area contributed by atoms with E-state index in [9.17, 15) is 9.90 Å². The van der Waals surface area contributed by atoms with Gasteiger partial charge in [0.2, 0.25) is 5.91 Å². The molecule has 0 saturated heterocycles. The second-order valence-corrected chi connectivity index (χ2v) is 5.29. The lowest BCUT2D eigenvalue weighted by Crippen LogP contribution is -2.24. The monoisotopic (exact) mass is 299 g/mol. The highest BCUT2D eigenvalue weighted by Gasteiger charge is 2.14. The summed E-state index contributed by atoms with van der Waals surface area (Å²) in [6.45, 7) is 2.39. The fourth-order valence-electron chi connectivity index (χ4n) is 2.35. The van der Waals surface area contributed by atoms with E-state index in [2.05, 4.69) is 5.32 Å². The molecule has 0 aromatic heterocycles. The van der Waals surface area contributed by atoms with Crippen molar-refractivity contribution in [1.82, 2.24) is 5.32 Å². The van der Waals surface area contributed by atoms with E-state index >= 15 is 0 Å². The Labute approximate surface area is 130 Å². The number of ether oxygens (including phenoxy) is 1. The summed E-state index contributed by atoms with van der Waals surface area (Å²) in [7, 11) is 1.62. The van der Waals surface area contributed by atoms with Crippen LogP contribution in [0.1, 0.15) is 30.4 Å². The van der Waals surface area contributed by atoms with E-state index in [0.717, 1.165) is 16.9 Å². The van der Waals surface area contributed by atoms with Gasteiger partial charge in [0.15, 0.2) is 0 Å². The van der Waals surface area contributed by atoms with Crippen molar-refractivity contribution in [2.75, 3.05) is 7.11 Å². The smallest absolute Gasteiger partial charge is 0.220 e. The third kappa shape index (κ3) is 4.25. The molecule has 0 fully saturated rings. The van der Waals surface area contributed by atoms with Gasteiger partial charge in [0, 0.05) is 13.0 Å². The first kappa shape index (κ1) is 15.9. The van der Waals surface area contributed by atoms with Crippen LogP contribution in [0.5, 0.6) is 11.5 Å². The van der Waals surface area contributed by atoms with Crippen molar-refractivity contribution in [1.29, 1.82) is 0 Å². The highest BCUT2D eigenvalue weighted by Crippen LogP contribution is 2.27. The number of nitrogens with one attached hydrogen (secondary N) is 1. The third-order valence-electron chi connectivity index (χ3n) is 3.58. The Kier molecular flexibility index (Phi) is 5.42. The minimum absolute atomic E-state index is 0.0356. The molecule has 0 saturated carbocycles. The van der Waals surface area contributed by atoms with Gasteiger partial charge in [-0.1, -0.05) is 37.3 Å². The number of carbonyl (C=O) groups excluding carboxylic acids is 1. The number of rotatable bonds is 6. The Morgan fingerprint density at radius 2 is 2.00 bits per heavy atom. The second kappa shape index (κ2) is 7.50. The maximum Gasteiger partial charge on any atom is 0.220 e. The van der Waals surface area contributed by atoms with Crippen LogP contribution in [0.2, 0.25) is 0 Å². The molecule has 2 N–H and O–H groups in total. The minimum atomic E-state index is -0.0430. The van der Waals surface area contributed by atoms with Gasteiger partial charge < -0.3 is 15.2 Å². The molecule has 0 radical (unpaired) electrons. The number of benzene rings is 2. The summed E-state index contributed by atoms with van der Waals surface area (Å²) in [6, 6.07) is 14.7. The van der Waals surface area contributed by atoms with E-state index < -0.39 is 0 Å². The van der Waals surface area contributed by atoms with E-state index in [0.29, 0.717) is 13.0 Å². The molecule has 2 rings (SSSR count). The van der Waals surface area contributed by atoms with E-state index in [-0.39, 0.29) is 17.6 Å². The zero-order valence-electron chi connectivity index (χ0n) is 12.9. The van der Waals surface area contributed by atoms with E-state index in [1.807, 2.05) is 43.3 Å². The Hall–Kier alpha value is -2.49. The summed E-state index contributed by atoms with van der Waals surface area (Å²) in [4.78, 5) is 12.0. The Balaban J connectivity index is 1.89. The van der Waals surface area contributed by atoms with Gasteiger partial charge in [0.1, 0.15) is 11.5 Å². The number of amides is 1. The molecule has 0 aliphatic carbocycles. The normalized spacial score (nSPS) is 11.7. The van der Waals surface area contributed by atoms with Crippen molar-refractivity contribution in [3.05, 3.63) is 59.7 Å². The zero-order chi connectivity index (χ0) is 15.9. The number of hydrogen-bond acceptors (Lipinski definition) is 3. The fourth-order valence-corrected chi connectivity index (χ4v) is 2.35. The molecular formula is C18H21NO3. The maximum absolute atomic E-state index is 12.0. The summed E-state index contributed by atoms with van der Waals surface area (Å²) in [5, 5.41) is 12.7. The second-order valence-electron chi connectivity index (χ2n) is 5.29. The molecular weight excluding hydrogens is 278 g/mol. The molecule has 0 heterocycles. The van der Waals surface area contributed by atoms with Crippen LogP contribution in [0.4, 0.5) is 0 Å². The molecule has 0 aliphatic rings. The molecule has 0 bridgehead atoms. The summed E-state index contributed by atoms with van der Waals surface area (Å²) >= 11 is 0. The van der Waals surface area contributed by atoms with Crippen molar-refractivity contribution in [2.45, 2.75) is 25.8 Å². The molecule has 116 valence electrons.